The van der Waals surface area contributed by atoms with Crippen LogP contribution < -0.4 is 0 Å². The van der Waals surface area contributed by atoms with Gasteiger partial charge in [0.05, 0.1) is 5.69 Å². The van der Waals surface area contributed by atoms with E-state index in [0.29, 0.717) is 5.92 Å². The zero-order valence-electron chi connectivity index (χ0n) is 10.5. The Kier molecular flexibility index (Phi) is 3.47. The van der Waals surface area contributed by atoms with Gasteiger partial charge in [-0.15, -0.1) is 0 Å². The molecule has 0 amide bonds. The minimum atomic E-state index is 0.478. The number of hydrogen-bond acceptors (Lipinski definition) is 2. The van der Waals surface area contributed by atoms with Crippen molar-refractivity contribution in [2.24, 2.45) is 7.05 Å². The number of rotatable bonds is 4. The number of imidazole rings is 1. The molecule has 5 heteroatoms. The van der Waals surface area contributed by atoms with E-state index in [2.05, 4.69) is 28.5 Å². The zero-order valence-corrected chi connectivity index (χ0v) is 11.3. The van der Waals surface area contributed by atoms with Gasteiger partial charge in [-0.05, 0) is 24.2 Å². The van der Waals surface area contributed by atoms with Gasteiger partial charge in [0.2, 0.25) is 0 Å². The summed E-state index contributed by atoms with van der Waals surface area (Å²) in [5.74, 6) is 0.478. The third kappa shape index (κ3) is 2.66. The number of hydrogen-bond donors (Lipinski definition) is 1. The highest BCUT2D eigenvalue weighted by Crippen LogP contribution is 2.15. The molecule has 0 aliphatic heterocycles. The van der Waals surface area contributed by atoms with E-state index in [-0.39, 0.29) is 0 Å². The number of aromatic amines is 1. The predicted molar refractivity (Wildman–Crippen MR) is 70.6 cm³/mol. The predicted octanol–water partition coefficient (Wildman–Crippen LogP) is 2.65. The summed E-state index contributed by atoms with van der Waals surface area (Å²) in [7, 11) is 1.94. The molecule has 0 radical (unpaired) electrons. The van der Waals surface area contributed by atoms with E-state index in [1.807, 2.05) is 30.2 Å². The molecule has 4 nitrogen and oxygen atoms in total. The highest BCUT2D eigenvalue weighted by atomic mass is 32.1. The Morgan fingerprint density at radius 2 is 2.24 bits per heavy atom. The Morgan fingerprint density at radius 3 is 2.82 bits per heavy atom. The van der Waals surface area contributed by atoms with Gasteiger partial charge in [0.15, 0.2) is 4.77 Å². The number of H-pyrrole nitrogens is 1. The molecule has 2 heterocycles. The average Bonchev–Trinajstić information content (AvgIpc) is 2.82. The Morgan fingerprint density at radius 1 is 1.47 bits per heavy atom. The number of nitrogens with zero attached hydrogens (tertiary/aromatic N) is 3. The van der Waals surface area contributed by atoms with Crippen LogP contribution in [-0.2, 0) is 20.0 Å². The first-order valence-electron chi connectivity index (χ1n) is 5.84. The van der Waals surface area contributed by atoms with E-state index in [9.17, 15) is 0 Å². The van der Waals surface area contributed by atoms with Crippen molar-refractivity contribution in [1.82, 2.24) is 19.3 Å². The molecule has 0 spiro atoms. The van der Waals surface area contributed by atoms with Crippen LogP contribution in [-0.4, -0.2) is 19.3 Å². The van der Waals surface area contributed by atoms with Gasteiger partial charge < -0.3 is 9.55 Å². The molecule has 2 aromatic heterocycles. The molecule has 0 aromatic carbocycles. The minimum absolute atomic E-state index is 0.478. The first-order chi connectivity index (χ1) is 8.08. The average molecular weight is 250 g/mol. The van der Waals surface area contributed by atoms with Gasteiger partial charge in [0.1, 0.15) is 0 Å². The quantitative estimate of drug-likeness (QED) is 0.847. The van der Waals surface area contributed by atoms with E-state index < -0.39 is 0 Å². The molecule has 2 aromatic rings. The molecule has 1 N–H and O–H groups in total. The number of nitrogens with one attached hydrogen (secondary N) is 1. The largest absolute Gasteiger partial charge is 0.337 e. The van der Waals surface area contributed by atoms with E-state index >= 15 is 0 Å². The highest BCUT2D eigenvalue weighted by Gasteiger charge is 2.08. The van der Waals surface area contributed by atoms with Gasteiger partial charge in [0, 0.05) is 38.1 Å². The lowest BCUT2D eigenvalue weighted by molar-refractivity contribution is 0.613. The van der Waals surface area contributed by atoms with Crippen LogP contribution >= 0.6 is 12.2 Å². The summed E-state index contributed by atoms with van der Waals surface area (Å²) in [6.07, 6.45) is 4.88. The van der Waals surface area contributed by atoms with Gasteiger partial charge in [-0.1, -0.05) is 13.8 Å². The third-order valence-corrected chi connectivity index (χ3v) is 3.19. The first-order valence-corrected chi connectivity index (χ1v) is 6.25. The van der Waals surface area contributed by atoms with Crippen LogP contribution in [0.3, 0.4) is 0 Å². The second-order valence-electron chi connectivity index (χ2n) is 4.56. The van der Waals surface area contributed by atoms with Crippen LogP contribution in [0.15, 0.2) is 18.5 Å². The number of aryl methyl sites for hydroxylation is 2. The SMILES string of the molecule is CC(C)c1c[nH]c(=S)n1CCc1ccn(C)n1. The van der Waals surface area contributed by atoms with Crippen molar-refractivity contribution < 1.29 is 0 Å². The summed E-state index contributed by atoms with van der Waals surface area (Å²) in [6.45, 7) is 5.23. The summed E-state index contributed by atoms with van der Waals surface area (Å²) in [5, 5.41) is 4.37. The van der Waals surface area contributed by atoms with E-state index in [4.69, 9.17) is 12.2 Å². The molecule has 0 bridgehead atoms. The molecular weight excluding hydrogens is 232 g/mol. The molecule has 0 aliphatic rings. The Labute approximate surface area is 106 Å². The smallest absolute Gasteiger partial charge is 0.177 e. The lowest BCUT2D eigenvalue weighted by Crippen LogP contribution is -2.07. The Bertz CT molecular complexity index is 547. The maximum atomic E-state index is 5.29. The van der Waals surface area contributed by atoms with Crippen molar-refractivity contribution in [2.45, 2.75) is 32.7 Å². The fourth-order valence-corrected chi connectivity index (χ4v) is 2.20. The molecule has 0 unspecified atom stereocenters. The van der Waals surface area contributed by atoms with Crippen LogP contribution in [0.2, 0.25) is 0 Å². The summed E-state index contributed by atoms with van der Waals surface area (Å²) in [6, 6.07) is 2.05. The van der Waals surface area contributed by atoms with Crippen LogP contribution in [0.1, 0.15) is 31.2 Å². The maximum absolute atomic E-state index is 5.29. The zero-order chi connectivity index (χ0) is 12.4. The van der Waals surface area contributed by atoms with Crippen LogP contribution in [0.5, 0.6) is 0 Å². The van der Waals surface area contributed by atoms with Crippen molar-refractivity contribution in [3.63, 3.8) is 0 Å². The molecule has 92 valence electrons. The third-order valence-electron chi connectivity index (χ3n) is 2.85. The van der Waals surface area contributed by atoms with Crippen molar-refractivity contribution in [3.8, 4) is 0 Å². The van der Waals surface area contributed by atoms with E-state index in [1.54, 1.807) is 0 Å². The van der Waals surface area contributed by atoms with Gasteiger partial charge in [-0.25, -0.2) is 0 Å². The monoisotopic (exact) mass is 250 g/mol. The van der Waals surface area contributed by atoms with Crippen molar-refractivity contribution >= 4 is 12.2 Å². The van der Waals surface area contributed by atoms with Gasteiger partial charge in [-0.3, -0.25) is 4.68 Å². The molecular formula is C12H18N4S. The van der Waals surface area contributed by atoms with Gasteiger partial charge >= 0.3 is 0 Å². The molecule has 0 saturated heterocycles. The van der Waals surface area contributed by atoms with Crippen molar-refractivity contribution in [1.29, 1.82) is 0 Å². The Balaban J connectivity index is 2.13. The van der Waals surface area contributed by atoms with Crippen molar-refractivity contribution in [3.05, 3.63) is 34.6 Å². The standard InChI is InChI=1S/C12H18N4S/c1-9(2)11-8-13-12(17)16(11)7-5-10-4-6-15(3)14-10/h4,6,8-9H,5,7H2,1-3H3,(H,13,17). The normalized spacial score (nSPS) is 11.3. The van der Waals surface area contributed by atoms with Gasteiger partial charge in [0.25, 0.3) is 0 Å². The second-order valence-corrected chi connectivity index (χ2v) is 4.94. The number of aromatic nitrogens is 4. The Hall–Kier alpha value is -1.36. The molecule has 0 atom stereocenters. The van der Waals surface area contributed by atoms with Gasteiger partial charge in [-0.2, -0.15) is 5.10 Å². The summed E-state index contributed by atoms with van der Waals surface area (Å²) < 4.78 is 4.79. The highest BCUT2D eigenvalue weighted by molar-refractivity contribution is 7.71. The molecule has 0 fully saturated rings. The van der Waals surface area contributed by atoms with Crippen LogP contribution in [0.25, 0.3) is 0 Å². The molecule has 0 aliphatic carbocycles. The van der Waals surface area contributed by atoms with E-state index in [1.165, 1.54) is 5.69 Å². The van der Waals surface area contributed by atoms with Crippen LogP contribution in [0, 0.1) is 4.77 Å². The molecule has 17 heavy (non-hydrogen) atoms. The second kappa shape index (κ2) is 4.87. The molecule has 2 rings (SSSR count). The lowest BCUT2D eigenvalue weighted by Gasteiger charge is -2.09. The van der Waals surface area contributed by atoms with Crippen molar-refractivity contribution in [2.75, 3.05) is 0 Å². The van der Waals surface area contributed by atoms with E-state index in [0.717, 1.165) is 23.4 Å². The summed E-state index contributed by atoms with van der Waals surface area (Å²) >= 11 is 5.29. The van der Waals surface area contributed by atoms with Crippen LogP contribution in [0.4, 0.5) is 0 Å². The topological polar surface area (TPSA) is 38.5 Å². The maximum Gasteiger partial charge on any atom is 0.177 e. The minimum Gasteiger partial charge on any atom is -0.337 e. The lowest BCUT2D eigenvalue weighted by atomic mass is 10.1. The fraction of sp³-hybridized carbons (Fsp3) is 0.500. The first kappa shape index (κ1) is 12.1. The molecule has 0 saturated carbocycles. The summed E-state index contributed by atoms with van der Waals surface area (Å²) in [4.78, 5) is 3.11. The summed E-state index contributed by atoms with van der Waals surface area (Å²) in [5.41, 5.74) is 2.36. The fourth-order valence-electron chi connectivity index (χ4n) is 1.94.